The average Bonchev–Trinajstić information content (AvgIpc) is 3.06. The zero-order valence-electron chi connectivity index (χ0n) is 23.3. The number of aliphatic hydroxyl groups is 1. The van der Waals surface area contributed by atoms with Crippen molar-refractivity contribution >= 4 is 5.97 Å². The van der Waals surface area contributed by atoms with Gasteiger partial charge in [-0.25, -0.2) is 0 Å². The van der Waals surface area contributed by atoms with Gasteiger partial charge in [0.05, 0.1) is 11.5 Å². The predicted octanol–water partition coefficient (Wildman–Crippen LogP) is 7.56. The van der Waals surface area contributed by atoms with Crippen LogP contribution in [0.15, 0.2) is 0 Å². The molecule has 0 spiro atoms. The SMILES string of the molecule is CC(C)[C@@H]1CC[C@]2(C(=O)O)CC[C@]3(C)C(CC[C@@H]4[C@@]5(C)CC[C@H](O)C(C)(C)[C@@H]5CC[C@]43C)[C@]12C. The van der Waals surface area contributed by atoms with Gasteiger partial charge in [-0.1, -0.05) is 55.4 Å². The molecule has 3 nitrogen and oxygen atoms in total. The van der Waals surface area contributed by atoms with E-state index in [4.69, 9.17) is 0 Å². The third-order valence-electron chi connectivity index (χ3n) is 14.5. The highest BCUT2D eigenvalue weighted by Gasteiger charge is 2.75. The van der Waals surface area contributed by atoms with Gasteiger partial charge < -0.3 is 10.2 Å². The summed E-state index contributed by atoms with van der Waals surface area (Å²) in [6.45, 7) is 19.6. The van der Waals surface area contributed by atoms with Crippen LogP contribution < -0.4 is 0 Å². The molecule has 0 aromatic rings. The summed E-state index contributed by atoms with van der Waals surface area (Å²) in [5.41, 5.74) is 0.0457. The molecule has 5 saturated carbocycles. The summed E-state index contributed by atoms with van der Waals surface area (Å²) in [7, 11) is 0. The van der Waals surface area contributed by atoms with Crippen LogP contribution in [-0.2, 0) is 4.79 Å². The lowest BCUT2D eigenvalue weighted by molar-refractivity contribution is -0.267. The van der Waals surface area contributed by atoms with Crippen molar-refractivity contribution < 1.29 is 15.0 Å². The number of carboxylic acids is 1. The molecule has 194 valence electrons. The van der Waals surface area contributed by atoms with Gasteiger partial charge in [0.1, 0.15) is 0 Å². The fourth-order valence-corrected chi connectivity index (χ4v) is 12.6. The zero-order valence-corrected chi connectivity index (χ0v) is 23.3. The van der Waals surface area contributed by atoms with E-state index < -0.39 is 11.4 Å². The molecule has 0 bridgehead atoms. The van der Waals surface area contributed by atoms with Gasteiger partial charge in [0.15, 0.2) is 0 Å². The summed E-state index contributed by atoms with van der Waals surface area (Å²) in [6.07, 6.45) is 10.7. The van der Waals surface area contributed by atoms with Crippen LogP contribution in [0.25, 0.3) is 0 Å². The van der Waals surface area contributed by atoms with Crippen molar-refractivity contribution in [2.24, 2.45) is 62.1 Å². The molecule has 10 atom stereocenters. The van der Waals surface area contributed by atoms with Crippen LogP contribution in [0.2, 0.25) is 0 Å². The van der Waals surface area contributed by atoms with Gasteiger partial charge in [-0.2, -0.15) is 0 Å². The minimum absolute atomic E-state index is 0.0166. The fraction of sp³-hybridized carbons (Fsp3) is 0.968. The Bertz CT molecular complexity index is 863. The highest BCUT2D eigenvalue weighted by Crippen LogP contribution is 2.80. The van der Waals surface area contributed by atoms with Crippen molar-refractivity contribution in [3.8, 4) is 0 Å². The Hall–Kier alpha value is -0.570. The molecule has 34 heavy (non-hydrogen) atoms. The van der Waals surface area contributed by atoms with E-state index in [9.17, 15) is 15.0 Å². The summed E-state index contributed by atoms with van der Waals surface area (Å²) in [5.74, 6) is 2.27. The molecule has 3 heteroatoms. The number of aliphatic carboxylic acids is 1. The zero-order chi connectivity index (χ0) is 25.1. The number of fused-ring (bicyclic) bond motifs is 7. The van der Waals surface area contributed by atoms with Crippen LogP contribution in [0.4, 0.5) is 0 Å². The third kappa shape index (κ3) is 2.62. The van der Waals surface area contributed by atoms with Gasteiger partial charge in [0.2, 0.25) is 0 Å². The first kappa shape index (κ1) is 25.1. The number of carbonyl (C=O) groups is 1. The minimum Gasteiger partial charge on any atom is -0.481 e. The van der Waals surface area contributed by atoms with Crippen molar-refractivity contribution in [2.45, 2.75) is 126 Å². The Morgan fingerprint density at radius 1 is 0.735 bits per heavy atom. The van der Waals surface area contributed by atoms with E-state index >= 15 is 0 Å². The topological polar surface area (TPSA) is 57.5 Å². The quantitative estimate of drug-likeness (QED) is 0.436. The Kier molecular flexibility index (Phi) is 5.36. The molecule has 5 aliphatic carbocycles. The standard InChI is InChI=1S/C31H52O3/c1-19(2)20-11-16-31(25(33)34)18-17-29(7)23(30(20,31)8)10-9-22-27(5)14-13-24(32)26(3,4)21(27)12-15-28(22,29)6/h19-24,32H,9-18H2,1-8H3,(H,33,34)/t20-,21-,22+,23?,24-,27-,28+,29+,30-,31+/m0/s1. The molecular formula is C31H52O3. The monoisotopic (exact) mass is 472 g/mol. The largest absolute Gasteiger partial charge is 0.481 e. The molecule has 0 saturated heterocycles. The van der Waals surface area contributed by atoms with E-state index in [1.54, 1.807) is 0 Å². The molecule has 5 aliphatic rings. The van der Waals surface area contributed by atoms with Gasteiger partial charge in [-0.3, -0.25) is 4.79 Å². The number of aliphatic hydroxyl groups excluding tert-OH is 1. The molecule has 5 fully saturated rings. The van der Waals surface area contributed by atoms with Gasteiger partial charge in [0, 0.05) is 0 Å². The van der Waals surface area contributed by atoms with Crippen molar-refractivity contribution in [1.29, 1.82) is 0 Å². The molecule has 0 amide bonds. The fourth-order valence-electron chi connectivity index (χ4n) is 12.6. The molecule has 1 unspecified atom stereocenters. The Labute approximate surface area is 208 Å². The maximum absolute atomic E-state index is 13.0. The lowest BCUT2D eigenvalue weighted by Crippen LogP contribution is -2.69. The second kappa shape index (κ2) is 7.26. The van der Waals surface area contributed by atoms with Crippen molar-refractivity contribution in [2.75, 3.05) is 0 Å². The Morgan fingerprint density at radius 3 is 1.97 bits per heavy atom. The summed E-state index contributed by atoms with van der Waals surface area (Å²) in [4.78, 5) is 13.0. The van der Waals surface area contributed by atoms with E-state index in [1.807, 2.05) is 0 Å². The summed E-state index contributed by atoms with van der Waals surface area (Å²) < 4.78 is 0. The highest BCUT2D eigenvalue weighted by molar-refractivity contribution is 5.77. The van der Waals surface area contributed by atoms with E-state index in [1.165, 1.54) is 25.7 Å². The summed E-state index contributed by atoms with van der Waals surface area (Å²) >= 11 is 0. The summed E-state index contributed by atoms with van der Waals surface area (Å²) in [5, 5.41) is 21.6. The first-order valence-electron chi connectivity index (χ1n) is 14.5. The van der Waals surface area contributed by atoms with Crippen LogP contribution in [-0.4, -0.2) is 22.3 Å². The predicted molar refractivity (Wildman–Crippen MR) is 137 cm³/mol. The first-order chi connectivity index (χ1) is 15.6. The van der Waals surface area contributed by atoms with Crippen LogP contribution in [0.3, 0.4) is 0 Å². The lowest BCUT2D eigenvalue weighted by atomic mass is 9.30. The number of hydrogen-bond acceptors (Lipinski definition) is 2. The maximum atomic E-state index is 13.0. The third-order valence-corrected chi connectivity index (χ3v) is 14.5. The van der Waals surface area contributed by atoms with Crippen molar-refractivity contribution in [3.63, 3.8) is 0 Å². The Morgan fingerprint density at radius 2 is 1.35 bits per heavy atom. The van der Waals surface area contributed by atoms with Crippen LogP contribution in [0, 0.1) is 62.1 Å². The summed E-state index contributed by atoms with van der Waals surface area (Å²) in [6, 6.07) is 0. The molecular weight excluding hydrogens is 420 g/mol. The van der Waals surface area contributed by atoms with Crippen LogP contribution in [0.1, 0.15) is 120 Å². The normalized spacial score (nSPS) is 56.2. The molecule has 0 heterocycles. The van der Waals surface area contributed by atoms with E-state index in [-0.39, 0.29) is 33.2 Å². The number of hydrogen-bond donors (Lipinski definition) is 2. The van der Waals surface area contributed by atoms with Crippen molar-refractivity contribution in [1.82, 2.24) is 0 Å². The number of rotatable bonds is 2. The molecule has 0 aromatic heterocycles. The van der Waals surface area contributed by atoms with Crippen LogP contribution >= 0.6 is 0 Å². The molecule has 5 rings (SSSR count). The van der Waals surface area contributed by atoms with Gasteiger partial charge in [0.25, 0.3) is 0 Å². The van der Waals surface area contributed by atoms with E-state index in [2.05, 4.69) is 55.4 Å². The highest BCUT2D eigenvalue weighted by atomic mass is 16.4. The molecule has 0 aliphatic heterocycles. The Balaban J connectivity index is 1.60. The number of carboxylic acid groups (broad SMARTS) is 1. The van der Waals surface area contributed by atoms with Gasteiger partial charge in [-0.05, 0) is 121 Å². The molecule has 0 aromatic carbocycles. The smallest absolute Gasteiger partial charge is 0.310 e. The second-order valence-electron chi connectivity index (χ2n) is 15.5. The minimum atomic E-state index is -0.534. The average molecular weight is 473 g/mol. The maximum Gasteiger partial charge on any atom is 0.310 e. The van der Waals surface area contributed by atoms with Crippen molar-refractivity contribution in [3.05, 3.63) is 0 Å². The lowest BCUT2D eigenvalue weighted by Gasteiger charge is -2.74. The van der Waals surface area contributed by atoms with Gasteiger partial charge >= 0.3 is 5.97 Å². The van der Waals surface area contributed by atoms with Gasteiger partial charge in [-0.15, -0.1) is 0 Å². The first-order valence-corrected chi connectivity index (χ1v) is 14.5. The van der Waals surface area contributed by atoms with Crippen LogP contribution in [0.5, 0.6) is 0 Å². The second-order valence-corrected chi connectivity index (χ2v) is 15.5. The molecule has 0 radical (unpaired) electrons. The van der Waals surface area contributed by atoms with E-state index in [0.29, 0.717) is 29.6 Å². The molecule has 2 N–H and O–H groups in total. The van der Waals surface area contributed by atoms with E-state index in [0.717, 1.165) is 38.5 Å².